The van der Waals surface area contributed by atoms with E-state index in [1.165, 1.54) is 6.07 Å². The standard InChI is InChI=1S/C13H13Cl2NO2S2/c1-2-11(9-3-5-10(14)6-4-9)16-20(17,18)13-8-7-12(15)19-13/h3-8,11,16H,2H2,1H3/t11-/m1/s1. The molecule has 0 aliphatic carbocycles. The molecule has 2 rings (SSSR count). The number of thiophene rings is 1. The van der Waals surface area contributed by atoms with E-state index in [1.807, 2.05) is 19.1 Å². The van der Waals surface area contributed by atoms with Gasteiger partial charge in [-0.1, -0.05) is 42.3 Å². The van der Waals surface area contributed by atoms with Crippen molar-refractivity contribution in [2.24, 2.45) is 0 Å². The summed E-state index contributed by atoms with van der Waals surface area (Å²) in [6.45, 7) is 1.92. The lowest BCUT2D eigenvalue weighted by atomic mass is 10.1. The summed E-state index contributed by atoms with van der Waals surface area (Å²) in [6, 6.07) is 9.92. The number of hydrogen-bond donors (Lipinski definition) is 1. The smallest absolute Gasteiger partial charge is 0.206 e. The van der Waals surface area contributed by atoms with Gasteiger partial charge in [-0.05, 0) is 36.2 Å². The van der Waals surface area contributed by atoms with Crippen LogP contribution in [0.5, 0.6) is 0 Å². The molecule has 0 radical (unpaired) electrons. The third kappa shape index (κ3) is 3.74. The Morgan fingerprint density at radius 2 is 1.80 bits per heavy atom. The van der Waals surface area contributed by atoms with Crippen molar-refractivity contribution in [2.45, 2.75) is 23.6 Å². The summed E-state index contributed by atoms with van der Waals surface area (Å²) >= 11 is 12.7. The van der Waals surface area contributed by atoms with E-state index in [1.54, 1.807) is 18.2 Å². The van der Waals surface area contributed by atoms with E-state index in [2.05, 4.69) is 4.72 Å². The van der Waals surface area contributed by atoms with Gasteiger partial charge in [-0.15, -0.1) is 11.3 Å². The van der Waals surface area contributed by atoms with Crippen molar-refractivity contribution in [1.29, 1.82) is 0 Å². The van der Waals surface area contributed by atoms with E-state index in [9.17, 15) is 8.42 Å². The van der Waals surface area contributed by atoms with Crippen molar-refractivity contribution >= 4 is 44.6 Å². The Balaban J connectivity index is 2.24. The highest BCUT2D eigenvalue weighted by atomic mass is 35.5. The van der Waals surface area contributed by atoms with E-state index in [0.717, 1.165) is 16.9 Å². The molecule has 1 heterocycles. The maximum absolute atomic E-state index is 12.3. The van der Waals surface area contributed by atoms with Crippen LogP contribution in [-0.2, 0) is 10.0 Å². The first-order chi connectivity index (χ1) is 9.42. The van der Waals surface area contributed by atoms with Crippen molar-refractivity contribution < 1.29 is 8.42 Å². The van der Waals surface area contributed by atoms with Gasteiger partial charge in [-0.3, -0.25) is 0 Å². The largest absolute Gasteiger partial charge is 0.250 e. The third-order valence-electron chi connectivity index (χ3n) is 2.79. The average Bonchev–Trinajstić information content (AvgIpc) is 2.85. The molecular weight excluding hydrogens is 337 g/mol. The Morgan fingerprint density at radius 3 is 2.30 bits per heavy atom. The summed E-state index contributed by atoms with van der Waals surface area (Å²) in [5, 5.41) is 0.622. The summed E-state index contributed by atoms with van der Waals surface area (Å²) in [5.74, 6) is 0. The Hall–Kier alpha value is -0.590. The maximum atomic E-state index is 12.3. The molecule has 108 valence electrons. The third-order valence-corrected chi connectivity index (χ3v) is 6.24. The van der Waals surface area contributed by atoms with E-state index in [-0.39, 0.29) is 10.3 Å². The van der Waals surface area contributed by atoms with E-state index < -0.39 is 10.0 Å². The number of sulfonamides is 1. The van der Waals surface area contributed by atoms with Gasteiger partial charge >= 0.3 is 0 Å². The zero-order valence-electron chi connectivity index (χ0n) is 10.6. The summed E-state index contributed by atoms with van der Waals surface area (Å²) < 4.78 is 27.9. The molecule has 0 bridgehead atoms. The Bertz CT molecular complexity index is 681. The fourth-order valence-electron chi connectivity index (χ4n) is 1.77. The van der Waals surface area contributed by atoms with Crippen LogP contribution in [0.3, 0.4) is 0 Å². The van der Waals surface area contributed by atoms with Gasteiger partial charge in [0.1, 0.15) is 4.21 Å². The summed E-state index contributed by atoms with van der Waals surface area (Å²) in [4.78, 5) is 0. The molecule has 0 aliphatic rings. The first-order valence-corrected chi connectivity index (χ1v) is 9.01. The number of benzene rings is 1. The molecule has 0 saturated heterocycles. The van der Waals surface area contributed by atoms with E-state index in [4.69, 9.17) is 23.2 Å². The number of halogens is 2. The van der Waals surface area contributed by atoms with Crippen molar-refractivity contribution in [3.63, 3.8) is 0 Å². The van der Waals surface area contributed by atoms with Crippen LogP contribution >= 0.6 is 34.5 Å². The molecule has 20 heavy (non-hydrogen) atoms. The molecule has 1 aromatic carbocycles. The molecule has 0 aliphatic heterocycles. The fraction of sp³-hybridized carbons (Fsp3) is 0.231. The van der Waals surface area contributed by atoms with Crippen LogP contribution in [-0.4, -0.2) is 8.42 Å². The van der Waals surface area contributed by atoms with Crippen LogP contribution in [0.1, 0.15) is 24.9 Å². The zero-order valence-corrected chi connectivity index (χ0v) is 13.8. The molecule has 1 N–H and O–H groups in total. The average molecular weight is 350 g/mol. The predicted molar refractivity (Wildman–Crippen MR) is 84.1 cm³/mol. The Morgan fingerprint density at radius 1 is 1.15 bits per heavy atom. The fourth-order valence-corrected chi connectivity index (χ4v) is 4.70. The van der Waals surface area contributed by atoms with Crippen molar-refractivity contribution in [3.8, 4) is 0 Å². The minimum atomic E-state index is -3.56. The van der Waals surface area contributed by atoms with Gasteiger partial charge in [0.25, 0.3) is 10.0 Å². The van der Waals surface area contributed by atoms with Gasteiger partial charge in [0.15, 0.2) is 0 Å². The summed E-state index contributed by atoms with van der Waals surface area (Å²) in [5.41, 5.74) is 0.878. The molecule has 0 unspecified atom stereocenters. The van der Waals surface area contributed by atoms with Crippen LogP contribution < -0.4 is 4.72 Å². The molecule has 0 spiro atoms. The highest BCUT2D eigenvalue weighted by molar-refractivity contribution is 7.91. The normalized spacial score (nSPS) is 13.3. The lowest BCUT2D eigenvalue weighted by Crippen LogP contribution is -2.27. The van der Waals surface area contributed by atoms with Crippen LogP contribution in [0.2, 0.25) is 9.36 Å². The zero-order chi connectivity index (χ0) is 14.8. The quantitative estimate of drug-likeness (QED) is 0.864. The van der Waals surface area contributed by atoms with Crippen LogP contribution in [0.15, 0.2) is 40.6 Å². The molecule has 0 saturated carbocycles. The molecule has 3 nitrogen and oxygen atoms in total. The molecule has 0 fully saturated rings. The maximum Gasteiger partial charge on any atom is 0.250 e. The number of hydrogen-bond acceptors (Lipinski definition) is 3. The minimum Gasteiger partial charge on any atom is -0.206 e. The van der Waals surface area contributed by atoms with Crippen LogP contribution in [0, 0.1) is 0 Å². The van der Waals surface area contributed by atoms with Gasteiger partial charge < -0.3 is 0 Å². The summed E-state index contributed by atoms with van der Waals surface area (Å²) in [7, 11) is -3.56. The first-order valence-electron chi connectivity index (χ1n) is 5.95. The minimum absolute atomic E-state index is 0.218. The van der Waals surface area contributed by atoms with Gasteiger partial charge in [-0.2, -0.15) is 0 Å². The molecule has 0 amide bonds. The van der Waals surface area contributed by atoms with E-state index in [0.29, 0.717) is 15.8 Å². The van der Waals surface area contributed by atoms with Gasteiger partial charge in [0.2, 0.25) is 0 Å². The first kappa shape index (κ1) is 15.8. The van der Waals surface area contributed by atoms with Crippen LogP contribution in [0.4, 0.5) is 0 Å². The highest BCUT2D eigenvalue weighted by Crippen LogP contribution is 2.28. The van der Waals surface area contributed by atoms with Gasteiger partial charge in [0, 0.05) is 11.1 Å². The predicted octanol–water partition coefficient (Wildman–Crippen LogP) is 4.48. The SMILES string of the molecule is CC[C@@H](NS(=O)(=O)c1ccc(Cl)s1)c1ccc(Cl)cc1. The summed E-state index contributed by atoms with van der Waals surface area (Å²) in [6.07, 6.45) is 0.639. The van der Waals surface area contributed by atoms with E-state index >= 15 is 0 Å². The second-order valence-electron chi connectivity index (χ2n) is 4.19. The monoisotopic (exact) mass is 349 g/mol. The Labute approximate surface area is 132 Å². The number of rotatable bonds is 5. The lowest BCUT2D eigenvalue weighted by molar-refractivity contribution is 0.552. The molecule has 2 aromatic rings. The Kier molecular flexibility index (Phi) is 5.09. The van der Waals surface area contributed by atoms with Crippen molar-refractivity contribution in [3.05, 3.63) is 51.3 Å². The highest BCUT2D eigenvalue weighted by Gasteiger charge is 2.21. The number of nitrogens with one attached hydrogen (secondary N) is 1. The van der Waals surface area contributed by atoms with Gasteiger partial charge in [-0.25, -0.2) is 13.1 Å². The van der Waals surface area contributed by atoms with Crippen molar-refractivity contribution in [1.82, 2.24) is 4.72 Å². The second-order valence-corrected chi connectivity index (χ2v) is 8.28. The molecule has 1 aromatic heterocycles. The lowest BCUT2D eigenvalue weighted by Gasteiger charge is -2.17. The van der Waals surface area contributed by atoms with Crippen molar-refractivity contribution in [2.75, 3.05) is 0 Å². The topological polar surface area (TPSA) is 46.2 Å². The second kappa shape index (κ2) is 6.45. The molecule has 1 atom stereocenters. The molecular formula is C13H13Cl2NO2S2. The molecule has 7 heteroatoms. The van der Waals surface area contributed by atoms with Crippen LogP contribution in [0.25, 0.3) is 0 Å². The van der Waals surface area contributed by atoms with Gasteiger partial charge in [0.05, 0.1) is 4.34 Å².